The molecule has 9 N–H and O–H groups in total. The van der Waals surface area contributed by atoms with Gasteiger partial charge in [0.25, 0.3) is 0 Å². The molecule has 1 heterocycles. The number of hydrogen-bond donors (Lipinski definition) is 9. The van der Waals surface area contributed by atoms with Crippen LogP contribution >= 0.6 is 0 Å². The van der Waals surface area contributed by atoms with Crippen molar-refractivity contribution in [3.05, 3.63) is 101 Å². The van der Waals surface area contributed by atoms with E-state index in [1.165, 1.54) is 24.3 Å². The summed E-state index contributed by atoms with van der Waals surface area (Å²) in [5, 5.41) is 89.1. The van der Waals surface area contributed by atoms with Crippen LogP contribution < -0.4 is 34.3 Å². The zero-order valence-electron chi connectivity index (χ0n) is 27.6. The molecular weight excluding hydrogens is 711 g/mol. The van der Waals surface area contributed by atoms with Crippen molar-refractivity contribution in [3.8, 4) is 46.0 Å². The minimum atomic E-state index is -1.84. The molecule has 4 aromatic carbocycles. The van der Waals surface area contributed by atoms with E-state index in [1.807, 2.05) is 0 Å². The van der Waals surface area contributed by atoms with Gasteiger partial charge in [-0.3, -0.25) is 4.79 Å². The average molecular weight is 742 g/mol. The van der Waals surface area contributed by atoms with E-state index >= 15 is 0 Å². The smallest absolute Gasteiger partial charge is 0.504 e. The van der Waals surface area contributed by atoms with Crippen LogP contribution in [0.3, 0.4) is 0 Å². The molecule has 16 nitrogen and oxygen atoms in total. The van der Waals surface area contributed by atoms with Gasteiger partial charge in [-0.2, -0.15) is 0 Å². The summed E-state index contributed by atoms with van der Waals surface area (Å²) in [5.74, 6) is -10.8. The van der Waals surface area contributed by atoms with Crippen LogP contribution in [0.25, 0.3) is 6.08 Å². The normalized spacial score (nSPS) is 15.7. The Kier molecular flexibility index (Phi) is 12.3. The number of benzene rings is 4. The van der Waals surface area contributed by atoms with Crippen LogP contribution in [0.15, 0.2) is 72.8 Å². The first kappa shape index (κ1) is 39.7. The fourth-order valence-corrected chi connectivity index (χ4v) is 5.49. The van der Waals surface area contributed by atoms with Gasteiger partial charge in [0.2, 0.25) is 12.2 Å². The summed E-state index contributed by atoms with van der Waals surface area (Å²) in [6, 6.07) is 13.0. The van der Waals surface area contributed by atoms with Crippen molar-refractivity contribution in [2.24, 2.45) is 0 Å². The molecular formula is C36H30NaO16+. The number of carboxylic acid groups (broad SMARTS) is 2. The number of aromatic hydroxyl groups is 7. The van der Waals surface area contributed by atoms with Gasteiger partial charge in [0.05, 0.1) is 0 Å². The molecule has 5 rings (SSSR count). The first-order chi connectivity index (χ1) is 24.6. The molecule has 0 aliphatic carbocycles. The fraction of sp³-hybridized carbons (Fsp3) is 0.167. The van der Waals surface area contributed by atoms with Crippen molar-refractivity contribution in [2.45, 2.75) is 37.1 Å². The fourth-order valence-electron chi connectivity index (χ4n) is 5.49. The maximum absolute atomic E-state index is 13.9. The number of fused-ring (bicyclic) bond motifs is 1. The van der Waals surface area contributed by atoms with Crippen LogP contribution in [0.5, 0.6) is 46.0 Å². The van der Waals surface area contributed by atoms with E-state index in [4.69, 9.17) is 14.2 Å². The van der Waals surface area contributed by atoms with Crippen LogP contribution in [0, 0.1) is 0 Å². The summed E-state index contributed by atoms with van der Waals surface area (Å²) >= 11 is 0. The van der Waals surface area contributed by atoms with Gasteiger partial charge < -0.3 is 60.2 Å². The monoisotopic (exact) mass is 741 g/mol. The number of phenols is 7. The molecule has 0 saturated heterocycles. The number of aliphatic carboxylic acids is 2. The van der Waals surface area contributed by atoms with Gasteiger partial charge in [0.15, 0.2) is 46.0 Å². The third-order valence-corrected chi connectivity index (χ3v) is 8.04. The Morgan fingerprint density at radius 3 is 1.64 bits per heavy atom. The van der Waals surface area contributed by atoms with Gasteiger partial charge in [-0.1, -0.05) is 24.3 Å². The van der Waals surface area contributed by atoms with E-state index in [-0.39, 0.29) is 69.5 Å². The van der Waals surface area contributed by atoms with Crippen LogP contribution in [0.2, 0.25) is 0 Å². The summed E-state index contributed by atoms with van der Waals surface area (Å²) in [7, 11) is 0. The van der Waals surface area contributed by atoms with Crippen LogP contribution in [0.1, 0.15) is 39.8 Å². The van der Waals surface area contributed by atoms with Gasteiger partial charge in [-0.15, -0.1) is 0 Å². The molecule has 4 unspecified atom stereocenters. The summed E-state index contributed by atoms with van der Waals surface area (Å²) in [6.07, 6.45) is -3.85. The number of carbonyl (C=O) groups excluding carboxylic acids is 2. The molecule has 0 fully saturated rings. The molecule has 0 spiro atoms. The molecule has 270 valence electrons. The first-order valence-electron chi connectivity index (χ1n) is 15.2. The van der Waals surface area contributed by atoms with E-state index in [1.54, 1.807) is 0 Å². The quantitative estimate of drug-likeness (QED) is 0.0410. The third kappa shape index (κ3) is 9.04. The summed E-state index contributed by atoms with van der Waals surface area (Å²) < 4.78 is 16.5. The molecule has 0 bridgehead atoms. The van der Waals surface area contributed by atoms with Crippen LogP contribution in [-0.2, 0) is 41.5 Å². The molecule has 17 heteroatoms. The number of hydrogen-bond acceptors (Lipinski definition) is 14. The van der Waals surface area contributed by atoms with Crippen LogP contribution in [-0.4, -0.2) is 82.0 Å². The molecule has 0 amide bonds. The van der Waals surface area contributed by atoms with Crippen molar-refractivity contribution < 1.29 is 109 Å². The minimum absolute atomic E-state index is 0. The third-order valence-electron chi connectivity index (χ3n) is 8.04. The Morgan fingerprint density at radius 1 is 0.642 bits per heavy atom. The molecule has 1 aliphatic heterocycles. The van der Waals surface area contributed by atoms with Gasteiger partial charge >= 0.3 is 53.4 Å². The second-order valence-corrected chi connectivity index (χ2v) is 11.6. The number of rotatable bonds is 12. The van der Waals surface area contributed by atoms with Crippen molar-refractivity contribution >= 4 is 30.0 Å². The zero-order chi connectivity index (χ0) is 37.9. The molecule has 4 atom stereocenters. The molecule has 0 radical (unpaired) electrons. The maximum Gasteiger partial charge on any atom is 1.00 e. The summed E-state index contributed by atoms with van der Waals surface area (Å²) in [4.78, 5) is 50.9. The molecule has 0 saturated carbocycles. The van der Waals surface area contributed by atoms with Gasteiger partial charge in [0, 0.05) is 24.5 Å². The Bertz CT molecular complexity index is 2090. The first-order valence-corrected chi connectivity index (χ1v) is 15.2. The minimum Gasteiger partial charge on any atom is -0.504 e. The van der Waals surface area contributed by atoms with E-state index in [2.05, 4.69) is 0 Å². The molecule has 1 aliphatic rings. The second kappa shape index (κ2) is 16.5. The van der Waals surface area contributed by atoms with E-state index in [0.29, 0.717) is 0 Å². The number of esters is 2. The molecule has 4 aromatic rings. The van der Waals surface area contributed by atoms with Crippen molar-refractivity contribution in [1.82, 2.24) is 0 Å². The average Bonchev–Trinajstić information content (AvgIpc) is 3.50. The standard InChI is InChI=1S/C36H30O16.Na/c37-20-6-1-16(11-24(20)41)13-27(34(45)46)50-29(44)10-5-18-3-9-23(40)33-30(18)31(32(52-33)19-4-8-22(39)26(43)15-19)36(49)51-28(35(47)48)14-17-2-7-21(38)25(42)12-17;/h1-12,15,27-28,31-32,37-43H,13-14H2,(H,45,46)(H,47,48);/q;+1/b10-5+;. The number of ether oxygens (including phenoxy) is 3. The number of carbonyl (C=O) groups is 4. The topological polar surface area (TPSA) is 278 Å². The Labute approximate surface area is 321 Å². The summed E-state index contributed by atoms with van der Waals surface area (Å²) in [5.41, 5.74) is 0.445. The Hall–Kier alpha value is -6.10. The molecule has 0 aromatic heterocycles. The Balaban J connectivity index is 0.00000627. The van der Waals surface area contributed by atoms with Gasteiger partial charge in [0.1, 0.15) is 12.0 Å². The number of carboxylic acids is 2. The second-order valence-electron chi connectivity index (χ2n) is 11.6. The predicted molar refractivity (Wildman–Crippen MR) is 175 cm³/mol. The van der Waals surface area contributed by atoms with Gasteiger partial charge in [-0.05, 0) is 70.8 Å². The predicted octanol–water partition coefficient (Wildman–Crippen LogP) is 0.338. The molecule has 53 heavy (non-hydrogen) atoms. The van der Waals surface area contributed by atoms with Crippen molar-refractivity contribution in [2.75, 3.05) is 0 Å². The summed E-state index contributed by atoms with van der Waals surface area (Å²) in [6.45, 7) is 0. The Morgan fingerprint density at radius 2 is 1.13 bits per heavy atom. The van der Waals surface area contributed by atoms with E-state index in [0.717, 1.165) is 54.6 Å². The zero-order valence-corrected chi connectivity index (χ0v) is 29.6. The maximum atomic E-state index is 13.9. The van der Waals surface area contributed by atoms with Crippen LogP contribution in [0.4, 0.5) is 0 Å². The number of phenolic OH excluding ortho intramolecular Hbond substituents is 7. The SMILES string of the molecule is O=C(/C=C/c1ccc(O)c2c1C(C(=O)OC(Cc1ccc(O)c(O)c1)C(=O)O)C(c1ccc(O)c(O)c1)O2)OC(Cc1ccc(O)c(O)c1)C(=O)O.[Na+]. The van der Waals surface area contributed by atoms with Crippen molar-refractivity contribution in [1.29, 1.82) is 0 Å². The largest absolute Gasteiger partial charge is 1.00 e. The van der Waals surface area contributed by atoms with E-state index in [9.17, 15) is 65.1 Å². The van der Waals surface area contributed by atoms with E-state index < -0.39 is 94.8 Å². The van der Waals surface area contributed by atoms with Gasteiger partial charge in [-0.25, -0.2) is 14.4 Å². The van der Waals surface area contributed by atoms with Crippen molar-refractivity contribution in [3.63, 3.8) is 0 Å².